The quantitative estimate of drug-likeness (QED) is 0.829. The van der Waals surface area contributed by atoms with E-state index in [-0.39, 0.29) is 5.60 Å². The molecule has 3 heterocycles. The highest BCUT2D eigenvalue weighted by atomic mass is 32.2. The summed E-state index contributed by atoms with van der Waals surface area (Å²) >= 11 is 2.09. The Hall–Kier alpha value is 0.230. The van der Waals surface area contributed by atoms with Crippen molar-refractivity contribution >= 4 is 11.8 Å². The van der Waals surface area contributed by atoms with Gasteiger partial charge in [0.1, 0.15) is 0 Å². The van der Waals surface area contributed by atoms with Crippen LogP contribution < -0.4 is 5.73 Å². The van der Waals surface area contributed by atoms with E-state index in [2.05, 4.69) is 16.7 Å². The van der Waals surface area contributed by atoms with Crippen molar-refractivity contribution in [3.05, 3.63) is 0 Å². The van der Waals surface area contributed by atoms with Crippen molar-refractivity contribution in [1.29, 1.82) is 0 Å². The molecule has 18 heavy (non-hydrogen) atoms. The summed E-state index contributed by atoms with van der Waals surface area (Å²) in [5, 5.41) is 0. The van der Waals surface area contributed by atoms with Crippen LogP contribution in [-0.2, 0) is 4.74 Å². The molecule has 3 aliphatic rings. The molecule has 0 bridgehead atoms. The Balaban J connectivity index is 1.60. The van der Waals surface area contributed by atoms with Crippen LogP contribution in [0, 0.1) is 5.92 Å². The number of hydrogen-bond donors (Lipinski definition) is 1. The van der Waals surface area contributed by atoms with Crippen LogP contribution in [0.25, 0.3) is 0 Å². The van der Waals surface area contributed by atoms with Gasteiger partial charge in [0, 0.05) is 19.2 Å². The van der Waals surface area contributed by atoms with Gasteiger partial charge in [0.05, 0.1) is 5.60 Å². The summed E-state index contributed by atoms with van der Waals surface area (Å²) in [6.45, 7) is 4.32. The second kappa shape index (κ2) is 5.70. The van der Waals surface area contributed by atoms with Crippen molar-refractivity contribution in [2.75, 3.05) is 37.7 Å². The SMILES string of the molecule is NCC1CCN(C2CCOC3(CCSCC3)C2)C1. The van der Waals surface area contributed by atoms with E-state index in [4.69, 9.17) is 10.5 Å². The van der Waals surface area contributed by atoms with Gasteiger partial charge in [-0.25, -0.2) is 0 Å². The van der Waals surface area contributed by atoms with Gasteiger partial charge in [0.2, 0.25) is 0 Å². The molecule has 3 aliphatic heterocycles. The third kappa shape index (κ3) is 2.72. The third-order valence-corrected chi connectivity index (χ3v) is 6.02. The van der Waals surface area contributed by atoms with Crippen LogP contribution in [0.2, 0.25) is 0 Å². The van der Waals surface area contributed by atoms with E-state index >= 15 is 0 Å². The van der Waals surface area contributed by atoms with Crippen LogP contribution in [0.3, 0.4) is 0 Å². The van der Waals surface area contributed by atoms with E-state index in [1.54, 1.807) is 0 Å². The fourth-order valence-electron chi connectivity index (χ4n) is 3.79. The van der Waals surface area contributed by atoms with Gasteiger partial charge in [0.25, 0.3) is 0 Å². The zero-order valence-electron chi connectivity index (χ0n) is 11.3. The van der Waals surface area contributed by atoms with Gasteiger partial charge < -0.3 is 10.5 Å². The lowest BCUT2D eigenvalue weighted by atomic mass is 9.85. The number of nitrogens with zero attached hydrogens (tertiary/aromatic N) is 1. The zero-order valence-corrected chi connectivity index (χ0v) is 12.1. The molecule has 3 fully saturated rings. The zero-order chi connectivity index (χ0) is 12.4. The van der Waals surface area contributed by atoms with E-state index in [0.717, 1.165) is 25.1 Å². The third-order valence-electron chi connectivity index (χ3n) is 5.04. The molecule has 104 valence electrons. The number of likely N-dealkylation sites (tertiary alicyclic amines) is 1. The maximum atomic E-state index is 6.18. The van der Waals surface area contributed by atoms with Gasteiger partial charge in [-0.3, -0.25) is 4.90 Å². The van der Waals surface area contributed by atoms with E-state index in [9.17, 15) is 0 Å². The Labute approximate surface area is 115 Å². The summed E-state index contributed by atoms with van der Waals surface area (Å²) in [6, 6.07) is 0.762. The molecule has 0 saturated carbocycles. The molecule has 0 aromatic heterocycles. The van der Waals surface area contributed by atoms with Gasteiger partial charge >= 0.3 is 0 Å². The normalized spacial score (nSPS) is 37.2. The molecule has 0 radical (unpaired) electrons. The minimum Gasteiger partial charge on any atom is -0.375 e. The van der Waals surface area contributed by atoms with Crippen molar-refractivity contribution in [1.82, 2.24) is 4.90 Å². The lowest BCUT2D eigenvalue weighted by Gasteiger charge is -2.45. The van der Waals surface area contributed by atoms with Crippen LogP contribution in [0.4, 0.5) is 0 Å². The Kier molecular flexibility index (Phi) is 4.18. The molecule has 2 N–H and O–H groups in total. The molecule has 0 aromatic carbocycles. The maximum Gasteiger partial charge on any atom is 0.0713 e. The number of nitrogens with two attached hydrogens (primary N) is 1. The fourth-order valence-corrected chi connectivity index (χ4v) is 5.03. The van der Waals surface area contributed by atoms with E-state index < -0.39 is 0 Å². The van der Waals surface area contributed by atoms with E-state index in [0.29, 0.717) is 0 Å². The molecule has 2 atom stereocenters. The summed E-state index contributed by atoms with van der Waals surface area (Å²) in [4.78, 5) is 2.70. The van der Waals surface area contributed by atoms with E-state index in [1.165, 1.54) is 56.7 Å². The molecular formula is C14H26N2OS. The first-order valence-corrected chi connectivity index (χ1v) is 8.63. The minimum absolute atomic E-state index is 0.231. The Morgan fingerprint density at radius 2 is 2.11 bits per heavy atom. The number of rotatable bonds is 2. The average Bonchev–Trinajstić information content (AvgIpc) is 2.88. The molecule has 3 saturated heterocycles. The van der Waals surface area contributed by atoms with Crippen LogP contribution in [0.15, 0.2) is 0 Å². The van der Waals surface area contributed by atoms with Crippen molar-refractivity contribution in [2.45, 2.75) is 43.7 Å². The Bertz CT molecular complexity index is 275. The van der Waals surface area contributed by atoms with Crippen LogP contribution in [-0.4, -0.2) is 54.3 Å². The van der Waals surface area contributed by atoms with Crippen molar-refractivity contribution in [3.8, 4) is 0 Å². The highest BCUT2D eigenvalue weighted by Gasteiger charge is 2.41. The summed E-state index contributed by atoms with van der Waals surface area (Å²) in [6.07, 6.45) is 6.33. The van der Waals surface area contributed by atoms with Crippen molar-refractivity contribution in [3.63, 3.8) is 0 Å². The van der Waals surface area contributed by atoms with Crippen LogP contribution >= 0.6 is 11.8 Å². The summed E-state index contributed by atoms with van der Waals surface area (Å²) in [7, 11) is 0. The number of ether oxygens (including phenoxy) is 1. The lowest BCUT2D eigenvalue weighted by molar-refractivity contribution is -0.108. The second-order valence-corrected chi connectivity index (χ2v) is 7.40. The molecule has 0 aromatic rings. The first-order chi connectivity index (χ1) is 8.81. The van der Waals surface area contributed by atoms with Gasteiger partial charge in [-0.05, 0) is 62.6 Å². The molecule has 3 rings (SSSR count). The topological polar surface area (TPSA) is 38.5 Å². The summed E-state index contributed by atoms with van der Waals surface area (Å²) < 4.78 is 6.18. The minimum atomic E-state index is 0.231. The largest absolute Gasteiger partial charge is 0.375 e. The van der Waals surface area contributed by atoms with Gasteiger partial charge in [0.15, 0.2) is 0 Å². The first-order valence-electron chi connectivity index (χ1n) is 7.47. The lowest BCUT2D eigenvalue weighted by Crippen LogP contribution is -2.49. The monoisotopic (exact) mass is 270 g/mol. The fraction of sp³-hybridized carbons (Fsp3) is 1.00. The number of thioether (sulfide) groups is 1. The standard InChI is InChI=1S/C14H26N2OS/c15-10-12-1-5-16(11-12)13-2-6-17-14(9-13)3-7-18-8-4-14/h12-13H,1-11,15H2. The molecule has 0 amide bonds. The first kappa shape index (κ1) is 13.2. The molecular weight excluding hydrogens is 244 g/mol. The van der Waals surface area contributed by atoms with E-state index in [1.807, 2.05) is 0 Å². The van der Waals surface area contributed by atoms with Gasteiger partial charge in [-0.1, -0.05) is 0 Å². The Morgan fingerprint density at radius 1 is 1.28 bits per heavy atom. The van der Waals surface area contributed by atoms with Gasteiger partial charge in [-0.15, -0.1) is 0 Å². The predicted octanol–water partition coefficient (Wildman–Crippen LogP) is 1.71. The van der Waals surface area contributed by atoms with Crippen molar-refractivity contribution < 1.29 is 4.74 Å². The highest BCUT2D eigenvalue weighted by Crippen LogP contribution is 2.39. The summed E-state index contributed by atoms with van der Waals surface area (Å²) in [5.41, 5.74) is 6.04. The summed E-state index contributed by atoms with van der Waals surface area (Å²) in [5.74, 6) is 3.32. The van der Waals surface area contributed by atoms with Gasteiger partial charge in [-0.2, -0.15) is 11.8 Å². The molecule has 0 aliphatic carbocycles. The van der Waals surface area contributed by atoms with Crippen LogP contribution in [0.5, 0.6) is 0 Å². The maximum absolute atomic E-state index is 6.18. The molecule has 3 nitrogen and oxygen atoms in total. The smallest absolute Gasteiger partial charge is 0.0713 e. The predicted molar refractivity (Wildman–Crippen MR) is 77.0 cm³/mol. The average molecular weight is 270 g/mol. The number of hydrogen-bond acceptors (Lipinski definition) is 4. The molecule has 2 unspecified atom stereocenters. The second-order valence-electron chi connectivity index (χ2n) is 6.18. The molecule has 4 heteroatoms. The highest BCUT2D eigenvalue weighted by molar-refractivity contribution is 7.99. The Morgan fingerprint density at radius 3 is 2.83 bits per heavy atom. The van der Waals surface area contributed by atoms with Crippen LogP contribution in [0.1, 0.15) is 32.1 Å². The van der Waals surface area contributed by atoms with Crippen molar-refractivity contribution in [2.24, 2.45) is 11.7 Å². The molecule has 1 spiro atoms.